The van der Waals surface area contributed by atoms with E-state index in [1.807, 2.05) is 4.90 Å². The normalized spacial score (nSPS) is 18.9. The number of hydrogen-bond acceptors (Lipinski definition) is 10. The zero-order valence-electron chi connectivity index (χ0n) is 21.2. The van der Waals surface area contributed by atoms with Crippen LogP contribution in [0, 0.1) is 0 Å². The summed E-state index contributed by atoms with van der Waals surface area (Å²) in [6, 6.07) is 7.49. The van der Waals surface area contributed by atoms with Crippen LogP contribution in [-0.2, 0) is 17.8 Å². The van der Waals surface area contributed by atoms with Gasteiger partial charge in [-0.05, 0) is 18.2 Å². The van der Waals surface area contributed by atoms with Gasteiger partial charge in [0.15, 0.2) is 17.2 Å². The molecule has 11 nitrogen and oxygen atoms in total. The van der Waals surface area contributed by atoms with Gasteiger partial charge in [-0.15, -0.1) is 0 Å². The maximum absolute atomic E-state index is 13.9. The van der Waals surface area contributed by atoms with Crippen LogP contribution in [-0.4, -0.2) is 56.4 Å². The number of pyridine rings is 1. The van der Waals surface area contributed by atoms with Gasteiger partial charge in [0, 0.05) is 43.1 Å². The van der Waals surface area contributed by atoms with Gasteiger partial charge in [0.2, 0.25) is 5.88 Å². The topological polar surface area (TPSA) is 131 Å². The molecular formula is C27H21ClF2N6O5. The van der Waals surface area contributed by atoms with Crippen LogP contribution in [0.4, 0.5) is 20.3 Å². The summed E-state index contributed by atoms with van der Waals surface area (Å²) < 4.78 is 45.1. The minimum Gasteiger partial charge on any atom is -0.480 e. The van der Waals surface area contributed by atoms with Crippen molar-refractivity contribution in [1.29, 1.82) is 0 Å². The predicted molar refractivity (Wildman–Crippen MR) is 143 cm³/mol. The zero-order chi connectivity index (χ0) is 28.2. The Labute approximate surface area is 235 Å². The first-order chi connectivity index (χ1) is 19.9. The van der Waals surface area contributed by atoms with Crippen molar-refractivity contribution in [2.45, 2.75) is 38.0 Å². The molecular weight excluding hydrogens is 562 g/mol. The number of ether oxygens (including phenoxy) is 1. The highest BCUT2D eigenvalue weighted by atomic mass is 35.5. The molecule has 6 heterocycles. The molecule has 0 unspecified atom stereocenters. The molecule has 0 aliphatic carbocycles. The maximum Gasteiger partial charge on any atom is 0.326 e. The van der Waals surface area contributed by atoms with Crippen molar-refractivity contribution in [2.75, 3.05) is 22.9 Å². The number of hydrogen-bond donors (Lipinski definition) is 1. The van der Waals surface area contributed by atoms with Crippen LogP contribution < -0.4 is 14.5 Å². The summed E-state index contributed by atoms with van der Waals surface area (Å²) in [6.07, 6.45) is 0.118. The van der Waals surface area contributed by atoms with Gasteiger partial charge in [0.25, 0.3) is 6.43 Å². The van der Waals surface area contributed by atoms with Crippen LogP contribution in [0.1, 0.15) is 29.9 Å². The average Bonchev–Trinajstić information content (AvgIpc) is 3.70. The Morgan fingerprint density at radius 2 is 2.10 bits per heavy atom. The molecule has 2 aliphatic heterocycles. The first-order valence-corrected chi connectivity index (χ1v) is 13.2. The molecule has 4 aromatic heterocycles. The number of nitrogens with zero attached hydrogens (tertiary/aromatic N) is 6. The number of aliphatic carboxylic acids is 1. The Hall–Kier alpha value is -4.52. The highest BCUT2D eigenvalue weighted by Gasteiger charge is 2.41. The Kier molecular flexibility index (Phi) is 6.11. The number of fused-ring (bicyclic) bond motifs is 4. The number of aromatic nitrogens is 4. The Bertz CT molecular complexity index is 1800. The molecule has 0 saturated carbocycles. The Morgan fingerprint density at radius 1 is 1.24 bits per heavy atom. The lowest BCUT2D eigenvalue weighted by atomic mass is 10.1. The lowest BCUT2D eigenvalue weighted by molar-refractivity contribution is -0.138. The van der Waals surface area contributed by atoms with E-state index in [1.54, 1.807) is 36.6 Å². The van der Waals surface area contributed by atoms with Crippen molar-refractivity contribution in [3.63, 3.8) is 0 Å². The lowest BCUT2D eigenvalue weighted by Crippen LogP contribution is -2.37. The van der Waals surface area contributed by atoms with Crippen molar-refractivity contribution >= 4 is 51.1 Å². The van der Waals surface area contributed by atoms with Crippen LogP contribution in [0.5, 0.6) is 5.88 Å². The number of anilines is 2. The summed E-state index contributed by atoms with van der Waals surface area (Å²) in [4.78, 5) is 28.3. The first-order valence-electron chi connectivity index (χ1n) is 12.8. The van der Waals surface area contributed by atoms with Crippen molar-refractivity contribution in [3.05, 3.63) is 64.9 Å². The van der Waals surface area contributed by atoms with Crippen LogP contribution in [0.3, 0.4) is 0 Å². The number of carboxylic acids is 1. The van der Waals surface area contributed by atoms with E-state index in [1.165, 1.54) is 11.1 Å². The van der Waals surface area contributed by atoms with Gasteiger partial charge in [-0.25, -0.2) is 28.5 Å². The van der Waals surface area contributed by atoms with Gasteiger partial charge in [0.05, 0.1) is 17.3 Å². The third-order valence-corrected chi connectivity index (χ3v) is 7.57. The standard InChI is InChI=1S/C27H21ClF2N6O5/c28-14-7-18(35-6-5-17-13(10-35)12-39-34-17)26(31-9-14)40-15-8-19(27(37)38)36(11-15)25-22-21(32-24(33-25)23(29)30)16-3-1-2-4-20(16)41-22/h1-4,7,9,12,15,19,23H,5-6,8,10-11H2,(H,37,38)/t15-,19-/m0/s1. The molecule has 5 aromatic rings. The number of alkyl halides is 2. The molecule has 0 spiro atoms. The monoisotopic (exact) mass is 582 g/mol. The third-order valence-electron chi connectivity index (χ3n) is 7.36. The number of carbonyl (C=O) groups is 1. The molecule has 1 N–H and O–H groups in total. The number of carboxylic acid groups (broad SMARTS) is 1. The van der Waals surface area contributed by atoms with Gasteiger partial charge in [0.1, 0.15) is 35.2 Å². The van der Waals surface area contributed by atoms with E-state index >= 15 is 0 Å². The minimum absolute atomic E-state index is 0.0275. The summed E-state index contributed by atoms with van der Waals surface area (Å²) in [7, 11) is 0. The van der Waals surface area contributed by atoms with Gasteiger partial charge < -0.3 is 28.6 Å². The van der Waals surface area contributed by atoms with Gasteiger partial charge in [-0.2, -0.15) is 0 Å². The SMILES string of the molecule is O=C(O)[C@@H]1C[C@H](Oc2ncc(Cl)cc2N2CCc3nocc3C2)CN1c1nc(C(F)F)nc2c1oc1ccccc12. The van der Waals surface area contributed by atoms with E-state index in [9.17, 15) is 18.7 Å². The van der Waals surface area contributed by atoms with Crippen molar-refractivity contribution in [1.82, 2.24) is 20.1 Å². The molecule has 2 atom stereocenters. The van der Waals surface area contributed by atoms with Crippen molar-refractivity contribution < 1.29 is 32.4 Å². The molecule has 1 aromatic carbocycles. The minimum atomic E-state index is -2.97. The Morgan fingerprint density at radius 3 is 2.93 bits per heavy atom. The van der Waals surface area contributed by atoms with E-state index in [0.29, 0.717) is 41.2 Å². The van der Waals surface area contributed by atoms with E-state index < -0.39 is 30.4 Å². The Balaban J connectivity index is 1.24. The van der Waals surface area contributed by atoms with Gasteiger partial charge in [-0.1, -0.05) is 28.9 Å². The molecule has 7 rings (SSSR count). The molecule has 41 heavy (non-hydrogen) atoms. The predicted octanol–water partition coefficient (Wildman–Crippen LogP) is 5.02. The smallest absolute Gasteiger partial charge is 0.326 e. The number of rotatable bonds is 6. The number of halogens is 3. The van der Waals surface area contributed by atoms with Crippen molar-refractivity contribution in [3.8, 4) is 5.88 Å². The molecule has 0 bridgehead atoms. The molecule has 0 radical (unpaired) electrons. The zero-order valence-corrected chi connectivity index (χ0v) is 22.0. The fourth-order valence-corrected chi connectivity index (χ4v) is 5.63. The van der Waals surface area contributed by atoms with E-state index in [2.05, 4.69) is 20.1 Å². The number of para-hydroxylation sites is 1. The first kappa shape index (κ1) is 25.4. The fraction of sp³-hybridized carbons (Fsp3) is 0.296. The number of furan rings is 1. The largest absolute Gasteiger partial charge is 0.480 e. The second kappa shape index (κ2) is 9.84. The fourth-order valence-electron chi connectivity index (χ4n) is 5.47. The number of benzene rings is 1. The van der Waals surface area contributed by atoms with Gasteiger partial charge >= 0.3 is 5.97 Å². The average molecular weight is 583 g/mol. The highest BCUT2D eigenvalue weighted by Crippen LogP contribution is 2.39. The second-order valence-electron chi connectivity index (χ2n) is 9.90. The highest BCUT2D eigenvalue weighted by molar-refractivity contribution is 6.30. The molecule has 0 amide bonds. The maximum atomic E-state index is 13.9. The van der Waals surface area contributed by atoms with Crippen LogP contribution in [0.25, 0.3) is 22.1 Å². The van der Waals surface area contributed by atoms with Crippen molar-refractivity contribution in [2.24, 2.45) is 0 Å². The van der Waals surface area contributed by atoms with E-state index in [-0.39, 0.29) is 35.8 Å². The summed E-state index contributed by atoms with van der Waals surface area (Å²) in [5, 5.41) is 15.1. The van der Waals surface area contributed by atoms with Crippen LogP contribution in [0.15, 0.2) is 51.7 Å². The molecule has 1 saturated heterocycles. The summed E-state index contributed by atoms with van der Waals surface area (Å²) >= 11 is 6.28. The molecule has 14 heteroatoms. The molecule has 210 valence electrons. The van der Waals surface area contributed by atoms with E-state index in [4.69, 9.17) is 25.3 Å². The molecule has 1 fully saturated rings. The molecule has 2 aliphatic rings. The summed E-state index contributed by atoms with van der Waals surface area (Å²) in [5.41, 5.74) is 3.21. The van der Waals surface area contributed by atoms with Crippen LogP contribution in [0.2, 0.25) is 5.02 Å². The van der Waals surface area contributed by atoms with Gasteiger partial charge in [-0.3, -0.25) is 0 Å². The summed E-state index contributed by atoms with van der Waals surface area (Å²) in [5.74, 6) is -1.62. The summed E-state index contributed by atoms with van der Waals surface area (Å²) in [6.45, 7) is 1.16. The second-order valence-corrected chi connectivity index (χ2v) is 10.3. The lowest BCUT2D eigenvalue weighted by Gasteiger charge is -2.29. The van der Waals surface area contributed by atoms with Crippen LogP contribution >= 0.6 is 11.6 Å². The third kappa shape index (κ3) is 4.46. The quantitative estimate of drug-likeness (QED) is 0.289. The van der Waals surface area contributed by atoms with E-state index in [0.717, 1.165) is 11.3 Å².